The first-order valence-corrected chi connectivity index (χ1v) is 14.0. The second-order valence-corrected chi connectivity index (χ2v) is 11.7. The number of carbonyl (C=O) groups is 2. The Morgan fingerprint density at radius 3 is 2.66 bits per heavy atom. The monoisotopic (exact) mass is 555 g/mol. The fourth-order valence-electron chi connectivity index (χ4n) is 5.09. The molecule has 0 spiro atoms. The van der Waals surface area contributed by atoms with Crippen molar-refractivity contribution in [3.63, 3.8) is 0 Å². The van der Waals surface area contributed by atoms with Crippen molar-refractivity contribution in [2.75, 3.05) is 36.0 Å². The highest BCUT2D eigenvalue weighted by Crippen LogP contribution is 2.41. The van der Waals surface area contributed by atoms with Gasteiger partial charge in [0.2, 0.25) is 5.91 Å². The summed E-state index contributed by atoms with van der Waals surface area (Å²) < 4.78 is 29.8. The summed E-state index contributed by atoms with van der Waals surface area (Å²) in [6.45, 7) is 1.32. The zero-order valence-electron chi connectivity index (χ0n) is 20.3. The Hall–Kier alpha value is -3.13. The Balaban J connectivity index is 1.33. The highest BCUT2D eigenvalue weighted by Gasteiger charge is 2.40. The second-order valence-electron chi connectivity index (χ2n) is 9.79. The topological polar surface area (TPSA) is 91.6 Å². The third-order valence-electron chi connectivity index (χ3n) is 7.33. The fraction of sp³-hybridized carbons (Fsp3) is 0.296. The maximum absolute atomic E-state index is 15.3. The number of nitrogens with two attached hydrogens (primary N) is 1. The quantitative estimate of drug-likeness (QED) is 0.450. The van der Waals surface area contributed by atoms with E-state index in [2.05, 4.69) is 10.3 Å². The summed E-state index contributed by atoms with van der Waals surface area (Å²) >= 11 is 6.12. The van der Waals surface area contributed by atoms with Crippen LogP contribution in [0.15, 0.2) is 48.7 Å². The smallest absolute Gasteiger partial charge is 0.260 e. The van der Waals surface area contributed by atoms with E-state index >= 15 is 4.39 Å². The number of anilines is 2. The first-order valence-electron chi connectivity index (χ1n) is 12.4. The molecular weight excluding hydrogens is 531 g/mol. The molecule has 0 bridgehead atoms. The summed E-state index contributed by atoms with van der Waals surface area (Å²) in [6, 6.07) is 11.0. The second kappa shape index (κ2) is 9.88. The van der Waals surface area contributed by atoms with Crippen molar-refractivity contribution in [2.45, 2.75) is 24.2 Å². The predicted molar refractivity (Wildman–Crippen MR) is 144 cm³/mol. The van der Waals surface area contributed by atoms with Crippen LogP contribution < -0.4 is 16.0 Å². The van der Waals surface area contributed by atoms with E-state index in [1.807, 2.05) is 4.90 Å². The average Bonchev–Trinajstić information content (AvgIpc) is 3.73. The van der Waals surface area contributed by atoms with Crippen molar-refractivity contribution >= 4 is 43.5 Å². The lowest BCUT2D eigenvalue weighted by molar-refractivity contribution is -0.133. The molecule has 3 atom stereocenters. The summed E-state index contributed by atoms with van der Waals surface area (Å²) in [5.74, 6) is -1.24. The summed E-state index contributed by atoms with van der Waals surface area (Å²) in [7, 11) is 0.741. The molecule has 0 radical (unpaired) electrons. The summed E-state index contributed by atoms with van der Waals surface area (Å²) in [5.41, 5.74) is 7.72. The van der Waals surface area contributed by atoms with Gasteiger partial charge in [0.1, 0.15) is 17.5 Å². The van der Waals surface area contributed by atoms with Crippen LogP contribution >= 0.6 is 20.2 Å². The van der Waals surface area contributed by atoms with Crippen molar-refractivity contribution in [2.24, 2.45) is 5.73 Å². The van der Waals surface area contributed by atoms with Crippen LogP contribution in [-0.2, 0) is 11.3 Å². The molecule has 11 heteroatoms. The Morgan fingerprint density at radius 1 is 1.16 bits per heavy atom. The minimum Gasteiger partial charge on any atom is -0.364 e. The van der Waals surface area contributed by atoms with Crippen LogP contribution in [0.1, 0.15) is 33.0 Å². The number of nitrogens with one attached hydrogen (secondary N) is 1. The van der Waals surface area contributed by atoms with Crippen LogP contribution in [-0.4, -0.2) is 59.2 Å². The number of amides is 2. The molecule has 3 aliphatic heterocycles. The van der Waals surface area contributed by atoms with Gasteiger partial charge in [0.15, 0.2) is 0 Å². The predicted octanol–water partition coefficient (Wildman–Crippen LogP) is 3.95. The molecule has 2 saturated heterocycles. The van der Waals surface area contributed by atoms with Crippen molar-refractivity contribution in [3.8, 4) is 0 Å². The fourth-order valence-corrected chi connectivity index (χ4v) is 5.92. The number of halogens is 3. The van der Waals surface area contributed by atoms with Gasteiger partial charge in [0, 0.05) is 49.5 Å². The zero-order valence-corrected chi connectivity index (χ0v) is 22.0. The third kappa shape index (κ3) is 4.53. The van der Waals surface area contributed by atoms with Crippen LogP contribution in [0.5, 0.6) is 0 Å². The molecule has 2 aromatic carbocycles. The number of rotatable bonds is 6. The number of likely N-dealkylation sites (tertiary alicyclic amines) is 1. The molecular formula is C27H25ClF2N5O2P. The molecule has 1 aromatic heterocycles. The Bertz CT molecular complexity index is 1450. The Labute approximate surface area is 225 Å². The number of carbonyl (C=O) groups excluding carboxylic acids is 2. The van der Waals surface area contributed by atoms with Crippen LogP contribution in [0.3, 0.4) is 0 Å². The molecule has 2 fully saturated rings. The van der Waals surface area contributed by atoms with E-state index in [4.69, 9.17) is 17.3 Å². The van der Waals surface area contributed by atoms with E-state index in [-0.39, 0.29) is 41.6 Å². The van der Waals surface area contributed by atoms with Gasteiger partial charge in [-0.25, -0.2) is 13.8 Å². The van der Waals surface area contributed by atoms with Crippen molar-refractivity contribution < 1.29 is 18.4 Å². The molecule has 3 aromatic rings. The van der Waals surface area contributed by atoms with Crippen molar-refractivity contribution in [1.29, 1.82) is 0 Å². The van der Waals surface area contributed by atoms with Gasteiger partial charge in [0.25, 0.3) is 5.91 Å². The molecule has 3 aliphatic rings. The SMILES string of the molecule is NCc1ccc(N2C[C@H](c3cccc(Cl)c3F)c3cc(NC4CN(C(=O)C5CP5)C4)ncc3C2=O)cc1F. The number of nitrogens with zero attached hydrogens (tertiary/aromatic N) is 3. The first-order chi connectivity index (χ1) is 18.3. The van der Waals surface area contributed by atoms with Crippen LogP contribution in [0, 0.1) is 11.6 Å². The van der Waals surface area contributed by atoms with Crippen molar-refractivity contribution in [3.05, 3.63) is 87.6 Å². The van der Waals surface area contributed by atoms with E-state index in [0.29, 0.717) is 46.8 Å². The minimum atomic E-state index is -0.572. The number of aromatic nitrogens is 1. The lowest BCUT2D eigenvalue weighted by Crippen LogP contribution is -2.58. The third-order valence-corrected chi connectivity index (χ3v) is 8.68. The first kappa shape index (κ1) is 25.2. The van der Waals surface area contributed by atoms with Crippen molar-refractivity contribution in [1.82, 2.24) is 9.88 Å². The molecule has 7 nitrogen and oxygen atoms in total. The molecule has 4 heterocycles. The summed E-state index contributed by atoms with van der Waals surface area (Å²) in [4.78, 5) is 33.5. The molecule has 2 amide bonds. The molecule has 6 rings (SSSR count). The zero-order chi connectivity index (χ0) is 26.6. The van der Waals surface area contributed by atoms with Gasteiger partial charge in [0.05, 0.1) is 22.3 Å². The van der Waals surface area contributed by atoms with Crippen LogP contribution in [0.2, 0.25) is 5.02 Å². The maximum Gasteiger partial charge on any atom is 0.260 e. The normalized spacial score (nSPS) is 21.3. The highest BCUT2D eigenvalue weighted by atomic mass is 35.5. The van der Waals surface area contributed by atoms with Crippen LogP contribution in [0.25, 0.3) is 0 Å². The Morgan fingerprint density at radius 2 is 1.95 bits per heavy atom. The average molecular weight is 556 g/mol. The van der Waals surface area contributed by atoms with E-state index in [1.165, 1.54) is 23.2 Å². The molecule has 0 aliphatic carbocycles. The molecule has 2 unspecified atom stereocenters. The molecule has 196 valence electrons. The Kier molecular flexibility index (Phi) is 6.54. The van der Waals surface area contributed by atoms with Gasteiger partial charge in [-0.05, 0) is 41.6 Å². The highest BCUT2D eigenvalue weighted by molar-refractivity contribution is 7.49. The molecule has 0 saturated carbocycles. The lowest BCUT2D eigenvalue weighted by Gasteiger charge is -2.40. The number of hydrogen-bond acceptors (Lipinski definition) is 5. The van der Waals surface area contributed by atoms with E-state index in [1.54, 1.807) is 30.3 Å². The van der Waals surface area contributed by atoms with Gasteiger partial charge in [-0.15, -0.1) is 8.58 Å². The van der Waals surface area contributed by atoms with Gasteiger partial charge in [-0.3, -0.25) is 9.59 Å². The molecule has 3 N–H and O–H groups in total. The van der Waals surface area contributed by atoms with Crippen LogP contribution in [0.4, 0.5) is 20.3 Å². The standard InChI is InChI=1S/C27H25ClF2N5O2P/c28-21-3-1-2-17(25(21)30)20-12-35(16-5-4-14(8-31)22(29)6-16)26(36)19-9-32-24(7-18(19)20)33-15-10-34(11-15)27(37)23-13-38-23/h1-7,9,15,20,23,38H,8,10-13,31H2,(H,32,33)/t20-,23?/m1/s1. The van der Waals surface area contributed by atoms with E-state index < -0.39 is 17.6 Å². The minimum absolute atomic E-state index is 0.0197. The van der Waals surface area contributed by atoms with Gasteiger partial charge in [-0.1, -0.05) is 29.8 Å². The summed E-state index contributed by atoms with van der Waals surface area (Å²) in [6.07, 6.45) is 2.47. The van der Waals surface area contributed by atoms with E-state index in [0.717, 1.165) is 14.7 Å². The summed E-state index contributed by atoms with van der Waals surface area (Å²) in [5, 5.41) is 3.32. The van der Waals surface area contributed by atoms with E-state index in [9.17, 15) is 14.0 Å². The lowest BCUT2D eigenvalue weighted by atomic mass is 9.84. The number of hydrogen-bond donors (Lipinski definition) is 2. The largest absolute Gasteiger partial charge is 0.364 e. The van der Waals surface area contributed by atoms with Gasteiger partial charge in [-0.2, -0.15) is 0 Å². The van der Waals surface area contributed by atoms with Gasteiger partial charge >= 0.3 is 0 Å². The molecule has 38 heavy (non-hydrogen) atoms. The van der Waals surface area contributed by atoms with Gasteiger partial charge < -0.3 is 20.9 Å². The maximum atomic E-state index is 15.3. The number of benzene rings is 2. The number of fused-ring (bicyclic) bond motifs is 1. The number of pyridine rings is 1.